The van der Waals surface area contributed by atoms with E-state index >= 15 is 0 Å². The molecule has 0 bridgehead atoms. The first-order valence-corrected chi connectivity index (χ1v) is 6.63. The lowest BCUT2D eigenvalue weighted by atomic mass is 10.2. The third-order valence-corrected chi connectivity index (χ3v) is 3.17. The van der Waals surface area contributed by atoms with E-state index in [1.54, 1.807) is 30.2 Å². The van der Waals surface area contributed by atoms with Gasteiger partial charge in [-0.15, -0.1) is 0 Å². The van der Waals surface area contributed by atoms with E-state index in [-0.39, 0.29) is 24.9 Å². The Kier molecular flexibility index (Phi) is 4.99. The second kappa shape index (κ2) is 6.94. The molecule has 2 rings (SSSR count). The van der Waals surface area contributed by atoms with E-state index < -0.39 is 0 Å². The van der Waals surface area contributed by atoms with E-state index in [0.717, 1.165) is 0 Å². The summed E-state index contributed by atoms with van der Waals surface area (Å²) in [4.78, 5) is 25.1. The first-order chi connectivity index (χ1) is 10.1. The number of rotatable bonds is 5. The summed E-state index contributed by atoms with van der Waals surface area (Å²) in [6.07, 6.45) is 0. The molecule has 0 atom stereocenters. The van der Waals surface area contributed by atoms with Gasteiger partial charge in [-0.3, -0.25) is 14.5 Å². The van der Waals surface area contributed by atoms with Crippen LogP contribution in [0.4, 0.5) is 5.69 Å². The maximum Gasteiger partial charge on any atom is 0.238 e. The van der Waals surface area contributed by atoms with E-state index in [4.69, 9.17) is 9.47 Å². The lowest BCUT2D eigenvalue weighted by Gasteiger charge is -2.25. The molecule has 1 aromatic carbocycles. The van der Waals surface area contributed by atoms with Gasteiger partial charge < -0.3 is 20.1 Å². The molecule has 1 aromatic rings. The Morgan fingerprint density at radius 2 is 2.19 bits per heavy atom. The van der Waals surface area contributed by atoms with Crippen molar-refractivity contribution in [2.45, 2.75) is 0 Å². The first kappa shape index (κ1) is 15.1. The molecular formula is C14H19N3O4. The average Bonchev–Trinajstić information content (AvgIpc) is 2.47. The van der Waals surface area contributed by atoms with Gasteiger partial charge in [-0.05, 0) is 12.1 Å². The smallest absolute Gasteiger partial charge is 0.238 e. The van der Waals surface area contributed by atoms with E-state index in [9.17, 15) is 9.59 Å². The SMILES string of the molecule is COc1ccc(OC)c(NC(=O)CN2CCNC(=O)C2)c1. The number of benzene rings is 1. The highest BCUT2D eigenvalue weighted by molar-refractivity contribution is 5.94. The average molecular weight is 293 g/mol. The number of hydrogen-bond donors (Lipinski definition) is 2. The number of nitrogens with one attached hydrogen (secondary N) is 2. The molecule has 7 nitrogen and oxygen atoms in total. The van der Waals surface area contributed by atoms with Gasteiger partial charge in [0.15, 0.2) is 0 Å². The molecule has 1 aliphatic rings. The molecule has 0 unspecified atom stereocenters. The van der Waals surface area contributed by atoms with Crippen LogP contribution < -0.4 is 20.1 Å². The Morgan fingerprint density at radius 1 is 1.38 bits per heavy atom. The van der Waals surface area contributed by atoms with Crippen LogP contribution in [0.1, 0.15) is 0 Å². The molecule has 2 N–H and O–H groups in total. The van der Waals surface area contributed by atoms with Crippen LogP contribution in [0.3, 0.4) is 0 Å². The first-order valence-electron chi connectivity index (χ1n) is 6.63. The number of hydrogen-bond acceptors (Lipinski definition) is 5. The third-order valence-electron chi connectivity index (χ3n) is 3.17. The van der Waals surface area contributed by atoms with Crippen LogP contribution in [0, 0.1) is 0 Å². The Morgan fingerprint density at radius 3 is 2.86 bits per heavy atom. The van der Waals surface area contributed by atoms with Gasteiger partial charge in [0.2, 0.25) is 11.8 Å². The number of piperazine rings is 1. The van der Waals surface area contributed by atoms with Crippen LogP contribution in [0.2, 0.25) is 0 Å². The van der Waals surface area contributed by atoms with E-state index in [1.165, 1.54) is 7.11 Å². The minimum Gasteiger partial charge on any atom is -0.497 e. The molecule has 2 amide bonds. The van der Waals surface area contributed by atoms with Crippen LogP contribution >= 0.6 is 0 Å². The molecule has 1 heterocycles. The fourth-order valence-corrected chi connectivity index (χ4v) is 2.13. The number of methoxy groups -OCH3 is 2. The van der Waals surface area contributed by atoms with Gasteiger partial charge in [-0.25, -0.2) is 0 Å². The minimum absolute atomic E-state index is 0.0620. The lowest BCUT2D eigenvalue weighted by molar-refractivity contribution is -0.125. The summed E-state index contributed by atoms with van der Waals surface area (Å²) in [5.41, 5.74) is 0.545. The van der Waals surface area contributed by atoms with Crippen LogP contribution in [0.15, 0.2) is 18.2 Å². The molecule has 7 heteroatoms. The summed E-state index contributed by atoms with van der Waals surface area (Å²) in [5.74, 6) is 0.924. The second-order valence-electron chi connectivity index (χ2n) is 4.67. The number of nitrogens with zero attached hydrogens (tertiary/aromatic N) is 1. The van der Waals surface area contributed by atoms with Crippen molar-refractivity contribution in [3.63, 3.8) is 0 Å². The molecule has 1 saturated heterocycles. The second-order valence-corrected chi connectivity index (χ2v) is 4.67. The fourth-order valence-electron chi connectivity index (χ4n) is 2.13. The number of anilines is 1. The summed E-state index contributed by atoms with van der Waals surface area (Å²) in [6, 6.07) is 5.17. The topological polar surface area (TPSA) is 79.9 Å². The molecule has 0 spiro atoms. The highest BCUT2D eigenvalue weighted by atomic mass is 16.5. The predicted molar refractivity (Wildman–Crippen MR) is 77.6 cm³/mol. The number of ether oxygens (including phenoxy) is 2. The molecule has 0 saturated carbocycles. The molecule has 0 aromatic heterocycles. The number of carbonyl (C=O) groups excluding carboxylic acids is 2. The summed E-state index contributed by atoms with van der Waals surface area (Å²) >= 11 is 0. The Bertz CT molecular complexity index is 533. The van der Waals surface area contributed by atoms with Gasteiger partial charge in [0.1, 0.15) is 11.5 Å². The number of carbonyl (C=O) groups is 2. The fraction of sp³-hybridized carbons (Fsp3) is 0.429. The molecule has 114 valence electrons. The van der Waals surface area contributed by atoms with Gasteiger partial charge in [0.05, 0.1) is 33.0 Å². The van der Waals surface area contributed by atoms with E-state index in [1.807, 2.05) is 0 Å². The van der Waals surface area contributed by atoms with Crippen molar-refractivity contribution in [3.8, 4) is 11.5 Å². The summed E-state index contributed by atoms with van der Waals surface area (Å²) in [7, 11) is 3.09. The molecular weight excluding hydrogens is 274 g/mol. The van der Waals surface area contributed by atoms with Gasteiger partial charge >= 0.3 is 0 Å². The molecule has 0 radical (unpaired) electrons. The van der Waals surface area contributed by atoms with E-state index in [2.05, 4.69) is 10.6 Å². The van der Waals surface area contributed by atoms with Gasteiger partial charge in [-0.2, -0.15) is 0 Å². The number of amides is 2. The van der Waals surface area contributed by atoms with Crippen LogP contribution in [0.25, 0.3) is 0 Å². The molecule has 1 aliphatic heterocycles. The highest BCUT2D eigenvalue weighted by Gasteiger charge is 2.19. The quantitative estimate of drug-likeness (QED) is 0.803. The monoisotopic (exact) mass is 293 g/mol. The third kappa shape index (κ3) is 4.09. The summed E-state index contributed by atoms with van der Waals surface area (Å²) in [6.45, 7) is 1.62. The van der Waals surface area contributed by atoms with Crippen molar-refractivity contribution in [2.75, 3.05) is 45.7 Å². The van der Waals surface area contributed by atoms with Gasteiger partial charge in [0.25, 0.3) is 0 Å². The van der Waals surface area contributed by atoms with Crippen LogP contribution in [-0.4, -0.2) is 57.1 Å². The maximum atomic E-state index is 12.1. The van der Waals surface area contributed by atoms with Crippen LogP contribution in [-0.2, 0) is 9.59 Å². The summed E-state index contributed by atoms with van der Waals surface area (Å²) in [5, 5.41) is 5.50. The standard InChI is InChI=1S/C14H19N3O4/c1-20-10-3-4-12(21-2)11(7-10)16-14(19)9-17-6-5-15-13(18)8-17/h3-4,7H,5-6,8-9H2,1-2H3,(H,15,18)(H,16,19). The van der Waals surface area contributed by atoms with Gasteiger partial charge in [0, 0.05) is 19.2 Å². The van der Waals surface area contributed by atoms with Crippen LogP contribution in [0.5, 0.6) is 11.5 Å². The van der Waals surface area contributed by atoms with Crippen molar-refractivity contribution in [1.82, 2.24) is 10.2 Å². The molecule has 21 heavy (non-hydrogen) atoms. The maximum absolute atomic E-state index is 12.1. The van der Waals surface area contributed by atoms with Crippen molar-refractivity contribution in [2.24, 2.45) is 0 Å². The lowest BCUT2D eigenvalue weighted by Crippen LogP contribution is -2.49. The summed E-state index contributed by atoms with van der Waals surface area (Å²) < 4.78 is 10.3. The zero-order valence-corrected chi connectivity index (χ0v) is 12.1. The molecule has 0 aliphatic carbocycles. The largest absolute Gasteiger partial charge is 0.497 e. The minimum atomic E-state index is -0.198. The van der Waals surface area contributed by atoms with E-state index in [0.29, 0.717) is 30.3 Å². The predicted octanol–water partition coefficient (Wildman–Crippen LogP) is 0.0741. The molecule has 1 fully saturated rings. The van der Waals surface area contributed by atoms with Crippen molar-refractivity contribution in [1.29, 1.82) is 0 Å². The van der Waals surface area contributed by atoms with Crippen molar-refractivity contribution < 1.29 is 19.1 Å². The van der Waals surface area contributed by atoms with Gasteiger partial charge in [-0.1, -0.05) is 0 Å². The van der Waals surface area contributed by atoms with Crippen molar-refractivity contribution >= 4 is 17.5 Å². The Balaban J connectivity index is 2.00. The zero-order chi connectivity index (χ0) is 15.2. The highest BCUT2D eigenvalue weighted by Crippen LogP contribution is 2.28. The zero-order valence-electron chi connectivity index (χ0n) is 12.1. The van der Waals surface area contributed by atoms with Crippen molar-refractivity contribution in [3.05, 3.63) is 18.2 Å². The Labute approximate surface area is 123 Å². The normalized spacial score (nSPS) is 15.2. The Hall–Kier alpha value is -2.28.